The van der Waals surface area contributed by atoms with E-state index in [2.05, 4.69) is 9.97 Å². The molecule has 1 aromatic heterocycles. The van der Waals surface area contributed by atoms with E-state index >= 15 is 0 Å². The van der Waals surface area contributed by atoms with E-state index in [9.17, 15) is 4.39 Å². The van der Waals surface area contributed by atoms with Gasteiger partial charge >= 0.3 is 0 Å². The Balaban J connectivity index is 2.51. The van der Waals surface area contributed by atoms with E-state index in [0.29, 0.717) is 23.9 Å². The monoisotopic (exact) mass is 293 g/mol. The van der Waals surface area contributed by atoms with Gasteiger partial charge in [-0.2, -0.15) is 0 Å². The van der Waals surface area contributed by atoms with E-state index in [-0.39, 0.29) is 5.82 Å². The van der Waals surface area contributed by atoms with Crippen molar-refractivity contribution in [2.75, 3.05) is 11.4 Å². The van der Waals surface area contributed by atoms with Gasteiger partial charge in [0.1, 0.15) is 22.6 Å². The molecule has 0 aliphatic rings. The van der Waals surface area contributed by atoms with Crippen LogP contribution in [0.4, 0.5) is 15.9 Å². The second kappa shape index (κ2) is 6.18. The lowest BCUT2D eigenvalue weighted by Crippen LogP contribution is -2.20. The molecule has 2 aromatic rings. The molecule has 3 nitrogen and oxygen atoms in total. The number of aromatic nitrogens is 2. The first-order chi connectivity index (χ1) is 9.56. The summed E-state index contributed by atoms with van der Waals surface area (Å²) in [6.45, 7) is 6.61. The first kappa shape index (κ1) is 14.7. The highest BCUT2D eigenvalue weighted by Gasteiger charge is 2.16. The number of anilines is 2. The summed E-state index contributed by atoms with van der Waals surface area (Å²) in [6.07, 6.45) is 0.716. The summed E-state index contributed by atoms with van der Waals surface area (Å²) in [7, 11) is 0. The smallest absolute Gasteiger partial charge is 0.141 e. The highest BCUT2D eigenvalue weighted by Crippen LogP contribution is 2.29. The van der Waals surface area contributed by atoms with E-state index in [0.717, 1.165) is 17.1 Å². The van der Waals surface area contributed by atoms with Gasteiger partial charge in [-0.3, -0.25) is 0 Å². The normalized spacial score (nSPS) is 10.7. The third kappa shape index (κ3) is 2.90. The van der Waals surface area contributed by atoms with Crippen LogP contribution >= 0.6 is 11.6 Å². The fraction of sp³-hybridized carbons (Fsp3) is 0.333. The fourth-order valence-corrected chi connectivity index (χ4v) is 2.20. The summed E-state index contributed by atoms with van der Waals surface area (Å²) in [5.41, 5.74) is 1.71. The van der Waals surface area contributed by atoms with Crippen LogP contribution in [-0.4, -0.2) is 16.5 Å². The molecule has 0 amide bonds. The average molecular weight is 294 g/mol. The van der Waals surface area contributed by atoms with Crippen LogP contribution in [0.2, 0.25) is 5.15 Å². The number of halogens is 2. The molecule has 106 valence electrons. The molecule has 0 saturated carbocycles. The Morgan fingerprint density at radius 1 is 1.15 bits per heavy atom. The standard InChI is InChI=1S/C15H17ClFN3/c1-4-13-18-14(16)10(3)15(19-13)20(5-2)12-8-6-11(17)7-9-12/h6-9H,4-5H2,1-3H3. The quantitative estimate of drug-likeness (QED) is 0.787. The van der Waals surface area contributed by atoms with Gasteiger partial charge in [-0.25, -0.2) is 14.4 Å². The lowest BCUT2D eigenvalue weighted by atomic mass is 10.2. The number of benzene rings is 1. The highest BCUT2D eigenvalue weighted by molar-refractivity contribution is 6.30. The van der Waals surface area contributed by atoms with Crippen LogP contribution in [0.15, 0.2) is 24.3 Å². The van der Waals surface area contributed by atoms with E-state index in [1.165, 1.54) is 12.1 Å². The van der Waals surface area contributed by atoms with Crippen LogP contribution in [0.3, 0.4) is 0 Å². The van der Waals surface area contributed by atoms with Crippen molar-refractivity contribution in [3.8, 4) is 0 Å². The fourth-order valence-electron chi connectivity index (χ4n) is 2.02. The zero-order chi connectivity index (χ0) is 14.7. The SMILES string of the molecule is CCc1nc(Cl)c(C)c(N(CC)c2ccc(F)cc2)n1. The molecule has 0 unspecified atom stereocenters. The maximum atomic E-state index is 13.1. The van der Waals surface area contributed by atoms with E-state index in [1.807, 2.05) is 25.7 Å². The average Bonchev–Trinajstić information content (AvgIpc) is 2.45. The van der Waals surface area contributed by atoms with Crippen molar-refractivity contribution < 1.29 is 4.39 Å². The van der Waals surface area contributed by atoms with Crippen LogP contribution in [0, 0.1) is 12.7 Å². The van der Waals surface area contributed by atoms with Gasteiger partial charge in [0, 0.05) is 24.2 Å². The van der Waals surface area contributed by atoms with Gasteiger partial charge in [-0.1, -0.05) is 18.5 Å². The largest absolute Gasteiger partial charge is 0.326 e. The van der Waals surface area contributed by atoms with E-state index in [1.54, 1.807) is 12.1 Å². The van der Waals surface area contributed by atoms with Crippen LogP contribution in [0.1, 0.15) is 25.2 Å². The first-order valence-corrected chi connectivity index (χ1v) is 7.00. The number of nitrogens with zero attached hydrogens (tertiary/aromatic N) is 3. The first-order valence-electron chi connectivity index (χ1n) is 6.62. The molecule has 0 atom stereocenters. The minimum absolute atomic E-state index is 0.253. The van der Waals surface area contributed by atoms with Gasteiger partial charge in [0.2, 0.25) is 0 Å². The summed E-state index contributed by atoms with van der Waals surface area (Å²) in [6, 6.07) is 6.35. The third-order valence-electron chi connectivity index (χ3n) is 3.13. The Hall–Kier alpha value is -1.68. The molecule has 20 heavy (non-hydrogen) atoms. The maximum absolute atomic E-state index is 13.1. The van der Waals surface area contributed by atoms with Gasteiger partial charge in [0.05, 0.1) is 0 Å². The van der Waals surface area contributed by atoms with Crippen molar-refractivity contribution >= 4 is 23.1 Å². The Morgan fingerprint density at radius 3 is 2.35 bits per heavy atom. The van der Waals surface area contributed by atoms with Crippen LogP contribution in [0.5, 0.6) is 0 Å². The lowest BCUT2D eigenvalue weighted by Gasteiger charge is -2.24. The number of hydrogen-bond donors (Lipinski definition) is 0. The Morgan fingerprint density at radius 2 is 1.80 bits per heavy atom. The number of rotatable bonds is 4. The minimum Gasteiger partial charge on any atom is -0.326 e. The molecule has 0 radical (unpaired) electrons. The van der Waals surface area contributed by atoms with Crippen molar-refractivity contribution in [2.24, 2.45) is 0 Å². The summed E-state index contributed by atoms with van der Waals surface area (Å²) in [4.78, 5) is 10.8. The predicted molar refractivity (Wildman–Crippen MR) is 80.2 cm³/mol. The summed E-state index contributed by atoms with van der Waals surface area (Å²) in [5, 5.41) is 0.465. The molecule has 0 saturated heterocycles. The molecular weight excluding hydrogens is 277 g/mol. The van der Waals surface area contributed by atoms with Crippen LogP contribution in [0.25, 0.3) is 0 Å². The molecule has 0 aliphatic carbocycles. The van der Waals surface area contributed by atoms with Crippen molar-refractivity contribution in [1.29, 1.82) is 0 Å². The molecule has 1 aromatic carbocycles. The third-order valence-corrected chi connectivity index (χ3v) is 3.50. The van der Waals surface area contributed by atoms with Crippen LogP contribution < -0.4 is 4.90 Å². The topological polar surface area (TPSA) is 29.0 Å². The molecule has 2 rings (SSSR count). The van der Waals surface area contributed by atoms with Gasteiger partial charge in [0.25, 0.3) is 0 Å². The molecule has 0 bridgehead atoms. The van der Waals surface area contributed by atoms with E-state index in [4.69, 9.17) is 11.6 Å². The highest BCUT2D eigenvalue weighted by atomic mass is 35.5. The molecule has 0 fully saturated rings. The maximum Gasteiger partial charge on any atom is 0.141 e. The number of aryl methyl sites for hydroxylation is 1. The molecule has 5 heteroatoms. The van der Waals surface area contributed by atoms with Gasteiger partial charge < -0.3 is 4.90 Å². The predicted octanol–water partition coefficient (Wildman–Crippen LogP) is 4.30. The minimum atomic E-state index is -0.253. The molecule has 0 N–H and O–H groups in total. The van der Waals surface area contributed by atoms with Gasteiger partial charge in [-0.15, -0.1) is 0 Å². The molecular formula is C15H17ClFN3. The van der Waals surface area contributed by atoms with Crippen molar-refractivity contribution in [3.05, 3.63) is 46.6 Å². The Kier molecular flexibility index (Phi) is 4.55. The van der Waals surface area contributed by atoms with Crippen molar-refractivity contribution in [2.45, 2.75) is 27.2 Å². The molecule has 0 spiro atoms. The molecule has 1 heterocycles. The van der Waals surface area contributed by atoms with Gasteiger partial charge in [-0.05, 0) is 38.1 Å². The lowest BCUT2D eigenvalue weighted by molar-refractivity contribution is 0.627. The zero-order valence-corrected chi connectivity index (χ0v) is 12.6. The van der Waals surface area contributed by atoms with Crippen molar-refractivity contribution in [1.82, 2.24) is 9.97 Å². The van der Waals surface area contributed by atoms with Gasteiger partial charge in [0.15, 0.2) is 0 Å². The van der Waals surface area contributed by atoms with Crippen LogP contribution in [-0.2, 0) is 6.42 Å². The second-order valence-electron chi connectivity index (χ2n) is 4.45. The Labute approximate surface area is 123 Å². The summed E-state index contributed by atoms with van der Waals surface area (Å²) in [5.74, 6) is 1.23. The summed E-state index contributed by atoms with van der Waals surface area (Å²) >= 11 is 6.17. The summed E-state index contributed by atoms with van der Waals surface area (Å²) < 4.78 is 13.1. The second-order valence-corrected chi connectivity index (χ2v) is 4.81. The zero-order valence-electron chi connectivity index (χ0n) is 11.8. The number of hydrogen-bond acceptors (Lipinski definition) is 3. The van der Waals surface area contributed by atoms with Crippen molar-refractivity contribution in [3.63, 3.8) is 0 Å². The molecule has 0 aliphatic heterocycles. The Bertz CT molecular complexity index is 599. The van der Waals surface area contributed by atoms with E-state index < -0.39 is 0 Å².